The molecule has 2 heterocycles. The highest BCUT2D eigenvalue weighted by Gasteiger charge is 2.28. The fourth-order valence-corrected chi connectivity index (χ4v) is 3.62. The van der Waals surface area contributed by atoms with Gasteiger partial charge < -0.3 is 19.4 Å². The molecule has 0 atom stereocenters. The second-order valence-electron chi connectivity index (χ2n) is 7.56. The molecule has 1 aliphatic heterocycles. The Kier molecular flexibility index (Phi) is 5.26. The molecule has 1 aromatic carbocycles. The Balaban J connectivity index is 1.39. The highest BCUT2D eigenvalue weighted by Crippen LogP contribution is 2.30. The maximum atomic E-state index is 13.0. The van der Waals surface area contributed by atoms with E-state index in [4.69, 9.17) is 9.15 Å². The Morgan fingerprint density at radius 3 is 2.64 bits per heavy atom. The molecular weight excluding hydrogens is 358 g/mol. The molecule has 1 N–H and O–H groups in total. The summed E-state index contributed by atoms with van der Waals surface area (Å²) < 4.78 is 11.4. The first-order valence-electron chi connectivity index (χ1n) is 10.0. The van der Waals surface area contributed by atoms with Crippen LogP contribution >= 0.6 is 0 Å². The van der Waals surface area contributed by atoms with Gasteiger partial charge in [-0.2, -0.15) is 0 Å². The van der Waals surface area contributed by atoms with E-state index in [1.54, 1.807) is 0 Å². The number of rotatable bonds is 6. The number of amides is 2. The number of hydrogen-bond acceptors (Lipinski definition) is 5. The number of carbonyl (C=O) groups is 2. The summed E-state index contributed by atoms with van der Waals surface area (Å²) in [5.74, 6) is 1.16. The smallest absolute Gasteiger partial charge is 0.289 e. The summed E-state index contributed by atoms with van der Waals surface area (Å²) in [5, 5.41) is 3.92. The molecule has 7 heteroatoms. The molecule has 0 bridgehead atoms. The van der Waals surface area contributed by atoms with Gasteiger partial charge in [0.05, 0.1) is 13.2 Å². The number of fused-ring (bicyclic) bond motifs is 1. The molecule has 0 spiro atoms. The van der Waals surface area contributed by atoms with E-state index in [1.807, 2.05) is 36.9 Å². The molecule has 1 aliphatic carbocycles. The number of furan rings is 1. The molecule has 4 rings (SSSR count). The van der Waals surface area contributed by atoms with Crippen molar-refractivity contribution in [2.24, 2.45) is 0 Å². The average Bonchev–Trinajstić information content (AvgIpc) is 3.44. The van der Waals surface area contributed by atoms with Crippen molar-refractivity contribution in [2.45, 2.75) is 32.7 Å². The number of hydrogen-bond donors (Lipinski definition) is 1. The summed E-state index contributed by atoms with van der Waals surface area (Å²) in [6, 6.07) is 6.01. The third-order valence-electron chi connectivity index (χ3n) is 5.38. The largest absolute Gasteiger partial charge is 0.494 e. The van der Waals surface area contributed by atoms with Gasteiger partial charge >= 0.3 is 0 Å². The predicted octanol–water partition coefficient (Wildman–Crippen LogP) is 2.18. The highest BCUT2D eigenvalue weighted by atomic mass is 16.5. The number of ether oxygens (including phenoxy) is 1. The van der Waals surface area contributed by atoms with E-state index in [0.29, 0.717) is 56.7 Å². The number of nitrogens with one attached hydrogen (secondary N) is 1. The number of carbonyl (C=O) groups excluding carboxylic acids is 2. The lowest BCUT2D eigenvalue weighted by atomic mass is 10.1. The summed E-state index contributed by atoms with van der Waals surface area (Å²) >= 11 is 0. The van der Waals surface area contributed by atoms with E-state index in [1.165, 1.54) is 0 Å². The van der Waals surface area contributed by atoms with Crippen molar-refractivity contribution in [1.82, 2.24) is 15.1 Å². The highest BCUT2D eigenvalue weighted by molar-refractivity contribution is 5.99. The van der Waals surface area contributed by atoms with Crippen molar-refractivity contribution in [3.05, 3.63) is 29.5 Å². The molecular formula is C21H27N3O4. The van der Waals surface area contributed by atoms with Crippen LogP contribution in [0.15, 0.2) is 22.6 Å². The lowest BCUT2D eigenvalue weighted by molar-refractivity contribution is -0.122. The van der Waals surface area contributed by atoms with Gasteiger partial charge in [-0.15, -0.1) is 0 Å². The van der Waals surface area contributed by atoms with Gasteiger partial charge in [-0.1, -0.05) is 0 Å². The van der Waals surface area contributed by atoms with Gasteiger partial charge in [0, 0.05) is 43.2 Å². The summed E-state index contributed by atoms with van der Waals surface area (Å²) in [6.07, 6.45) is 2.19. The van der Waals surface area contributed by atoms with Crippen molar-refractivity contribution in [1.29, 1.82) is 0 Å². The maximum absolute atomic E-state index is 13.0. The average molecular weight is 385 g/mol. The van der Waals surface area contributed by atoms with Crippen LogP contribution in [-0.2, 0) is 4.79 Å². The van der Waals surface area contributed by atoms with Crippen LogP contribution in [0.3, 0.4) is 0 Å². The van der Waals surface area contributed by atoms with E-state index >= 15 is 0 Å². The Labute approximate surface area is 164 Å². The minimum Gasteiger partial charge on any atom is -0.494 e. The first kappa shape index (κ1) is 18.8. The van der Waals surface area contributed by atoms with Crippen LogP contribution < -0.4 is 10.1 Å². The quantitative estimate of drug-likeness (QED) is 0.825. The maximum Gasteiger partial charge on any atom is 0.289 e. The fraction of sp³-hybridized carbons (Fsp3) is 0.524. The predicted molar refractivity (Wildman–Crippen MR) is 106 cm³/mol. The van der Waals surface area contributed by atoms with Crippen LogP contribution in [0.4, 0.5) is 0 Å². The zero-order chi connectivity index (χ0) is 19.7. The van der Waals surface area contributed by atoms with Gasteiger partial charge in [-0.05, 0) is 44.9 Å². The number of nitrogens with zero attached hydrogens (tertiary/aromatic N) is 2. The zero-order valence-corrected chi connectivity index (χ0v) is 16.5. The van der Waals surface area contributed by atoms with Gasteiger partial charge in [0.2, 0.25) is 5.91 Å². The molecule has 0 radical (unpaired) electrons. The Hall–Kier alpha value is -2.54. The molecule has 0 unspecified atom stereocenters. The van der Waals surface area contributed by atoms with Crippen LogP contribution in [-0.4, -0.2) is 67.0 Å². The third kappa shape index (κ3) is 3.99. The van der Waals surface area contributed by atoms with Gasteiger partial charge in [0.1, 0.15) is 11.3 Å². The summed E-state index contributed by atoms with van der Waals surface area (Å²) in [5.41, 5.74) is 1.53. The fourth-order valence-electron chi connectivity index (χ4n) is 3.62. The molecule has 150 valence electrons. The van der Waals surface area contributed by atoms with Gasteiger partial charge in [0.25, 0.3) is 5.91 Å². The molecule has 1 saturated heterocycles. The number of benzene rings is 1. The van der Waals surface area contributed by atoms with Crippen LogP contribution in [0.2, 0.25) is 0 Å². The third-order valence-corrected chi connectivity index (χ3v) is 5.38. The number of aryl methyl sites for hydroxylation is 1. The molecule has 1 saturated carbocycles. The molecule has 28 heavy (non-hydrogen) atoms. The standard InChI is InChI=1S/C21H27N3O4/c1-3-27-16-6-7-18-17(12-16)14(2)20(28-18)21(26)24-10-8-23(9-11-24)13-19(25)22-15-4-5-15/h6-7,12,15H,3-5,8-11,13H2,1-2H3,(H,22,25). The monoisotopic (exact) mass is 385 g/mol. The van der Waals surface area contributed by atoms with Crippen molar-refractivity contribution in [3.8, 4) is 5.75 Å². The van der Waals surface area contributed by atoms with Gasteiger partial charge in [-0.3, -0.25) is 14.5 Å². The van der Waals surface area contributed by atoms with Crippen molar-refractivity contribution >= 4 is 22.8 Å². The van der Waals surface area contributed by atoms with E-state index < -0.39 is 0 Å². The minimum absolute atomic E-state index is 0.0838. The Bertz CT molecular complexity index is 879. The number of piperazine rings is 1. The SMILES string of the molecule is CCOc1ccc2oc(C(=O)N3CCN(CC(=O)NC4CC4)CC3)c(C)c2c1. The van der Waals surface area contributed by atoms with Gasteiger partial charge in [0.15, 0.2) is 5.76 Å². The van der Waals surface area contributed by atoms with Crippen molar-refractivity contribution < 1.29 is 18.7 Å². The lowest BCUT2D eigenvalue weighted by Crippen LogP contribution is -2.51. The van der Waals surface area contributed by atoms with E-state index in [-0.39, 0.29) is 11.8 Å². The Morgan fingerprint density at radius 1 is 1.21 bits per heavy atom. The van der Waals surface area contributed by atoms with Crippen LogP contribution in [0.5, 0.6) is 5.75 Å². The minimum atomic E-state index is -0.0891. The molecule has 2 aliphatic rings. The second kappa shape index (κ2) is 7.83. The summed E-state index contributed by atoms with van der Waals surface area (Å²) in [4.78, 5) is 28.9. The first-order valence-corrected chi connectivity index (χ1v) is 10.0. The van der Waals surface area contributed by atoms with Crippen molar-refractivity contribution in [2.75, 3.05) is 39.3 Å². The summed E-state index contributed by atoms with van der Waals surface area (Å²) in [6.45, 7) is 7.42. The van der Waals surface area contributed by atoms with Crippen molar-refractivity contribution in [3.63, 3.8) is 0 Å². The normalized spacial score (nSPS) is 17.7. The Morgan fingerprint density at radius 2 is 1.96 bits per heavy atom. The molecule has 1 aromatic heterocycles. The van der Waals surface area contributed by atoms with E-state index in [2.05, 4.69) is 10.2 Å². The summed E-state index contributed by atoms with van der Waals surface area (Å²) in [7, 11) is 0. The van der Waals surface area contributed by atoms with Crippen LogP contribution in [0.1, 0.15) is 35.9 Å². The van der Waals surface area contributed by atoms with Gasteiger partial charge in [-0.25, -0.2) is 0 Å². The van der Waals surface area contributed by atoms with Crippen LogP contribution in [0, 0.1) is 6.92 Å². The molecule has 2 aromatic rings. The first-order chi connectivity index (χ1) is 13.5. The van der Waals surface area contributed by atoms with E-state index in [0.717, 1.165) is 29.5 Å². The van der Waals surface area contributed by atoms with E-state index in [9.17, 15) is 9.59 Å². The molecule has 2 amide bonds. The molecule has 7 nitrogen and oxygen atoms in total. The van der Waals surface area contributed by atoms with Crippen LogP contribution in [0.25, 0.3) is 11.0 Å². The molecule has 2 fully saturated rings. The topological polar surface area (TPSA) is 75.0 Å². The lowest BCUT2D eigenvalue weighted by Gasteiger charge is -2.34. The second-order valence-corrected chi connectivity index (χ2v) is 7.56. The zero-order valence-electron chi connectivity index (χ0n) is 16.5.